The number of carbonyl (C=O) groups excluding carboxylic acids is 1. The molecule has 1 aliphatic rings. The van der Waals surface area contributed by atoms with E-state index in [2.05, 4.69) is 25.5 Å². The average Bonchev–Trinajstić information content (AvgIpc) is 2.95. The predicted molar refractivity (Wildman–Crippen MR) is 89.1 cm³/mol. The number of halogens is 3. The summed E-state index contributed by atoms with van der Waals surface area (Å²) in [6.07, 6.45) is -2.98. The second kappa shape index (κ2) is 7.05. The van der Waals surface area contributed by atoms with Gasteiger partial charge in [0.1, 0.15) is 11.4 Å². The number of H-pyrrole nitrogens is 1. The lowest BCUT2D eigenvalue weighted by Crippen LogP contribution is -2.47. The zero-order valence-corrected chi connectivity index (χ0v) is 14.7. The molecule has 2 aromatic rings. The van der Waals surface area contributed by atoms with Crippen LogP contribution >= 0.6 is 0 Å². The van der Waals surface area contributed by atoms with Gasteiger partial charge in [0.15, 0.2) is 11.4 Å². The summed E-state index contributed by atoms with van der Waals surface area (Å²) >= 11 is 0. The maximum absolute atomic E-state index is 12.8. The molecule has 27 heavy (non-hydrogen) atoms. The Bertz CT molecular complexity index is 838. The van der Waals surface area contributed by atoms with E-state index in [-0.39, 0.29) is 35.3 Å². The maximum atomic E-state index is 12.8. The van der Waals surface area contributed by atoms with Crippen molar-refractivity contribution in [3.05, 3.63) is 29.3 Å². The highest BCUT2D eigenvalue weighted by atomic mass is 19.4. The molecule has 0 aliphatic carbocycles. The Labute approximate surface area is 152 Å². The number of carbonyl (C=O) groups is 1. The monoisotopic (exact) mass is 384 g/mol. The van der Waals surface area contributed by atoms with E-state index in [0.29, 0.717) is 25.2 Å². The summed E-state index contributed by atoms with van der Waals surface area (Å²) in [5, 5.41) is 19.1. The largest absolute Gasteiger partial charge is 0.504 e. The molecule has 1 amide bonds. The molecule has 146 valence electrons. The van der Waals surface area contributed by atoms with Crippen LogP contribution in [0.4, 0.5) is 19.1 Å². The van der Waals surface area contributed by atoms with Crippen LogP contribution in [0.2, 0.25) is 0 Å². The number of nitrogens with one attached hydrogen (secondary N) is 2. The molecule has 3 N–H and O–H groups in total. The van der Waals surface area contributed by atoms with Crippen LogP contribution in [-0.2, 0) is 6.18 Å². The highest BCUT2D eigenvalue weighted by Gasteiger charge is 2.34. The average molecular weight is 384 g/mol. The van der Waals surface area contributed by atoms with Crippen LogP contribution in [0.15, 0.2) is 12.3 Å². The number of nitrogens with zero attached hydrogens (tertiary/aromatic N) is 4. The van der Waals surface area contributed by atoms with E-state index < -0.39 is 11.9 Å². The number of amides is 1. The minimum absolute atomic E-state index is 0.0346. The number of hydrogen-bond acceptors (Lipinski definition) is 6. The van der Waals surface area contributed by atoms with Gasteiger partial charge in [-0.3, -0.25) is 9.89 Å². The summed E-state index contributed by atoms with van der Waals surface area (Å²) in [6.45, 7) is 4.20. The number of likely N-dealkylation sites (tertiary alicyclic amines) is 1. The molecule has 0 aromatic carbocycles. The Morgan fingerprint density at radius 1 is 1.44 bits per heavy atom. The molecule has 2 aromatic heterocycles. The van der Waals surface area contributed by atoms with Gasteiger partial charge in [0, 0.05) is 25.3 Å². The number of aromatic hydroxyl groups is 1. The van der Waals surface area contributed by atoms with Crippen molar-refractivity contribution in [1.29, 1.82) is 0 Å². The smallest absolute Gasteiger partial charge is 0.433 e. The van der Waals surface area contributed by atoms with Gasteiger partial charge in [0.25, 0.3) is 5.91 Å². The minimum atomic E-state index is -4.54. The predicted octanol–water partition coefficient (Wildman–Crippen LogP) is 2.20. The van der Waals surface area contributed by atoms with Crippen molar-refractivity contribution in [1.82, 2.24) is 25.1 Å². The number of piperidine rings is 1. The Morgan fingerprint density at radius 3 is 2.78 bits per heavy atom. The molecule has 1 saturated heterocycles. The van der Waals surface area contributed by atoms with Crippen molar-refractivity contribution in [2.24, 2.45) is 5.92 Å². The standard InChI is InChI=1S/C16H19F3N6O2/c1-8-7-25(14(27)12-13(26)9(2)23-24-12)6-4-10(8)21-15-20-5-3-11(22-15)16(17,18)19/h3,5,8,10,26H,4,6-7H2,1-2H3,(H,23,24)(H,20,21,22). The lowest BCUT2D eigenvalue weighted by Gasteiger charge is -2.37. The first-order chi connectivity index (χ1) is 12.7. The van der Waals surface area contributed by atoms with Crippen molar-refractivity contribution < 1.29 is 23.1 Å². The van der Waals surface area contributed by atoms with E-state index in [1.807, 2.05) is 6.92 Å². The third-order valence-corrected chi connectivity index (χ3v) is 4.58. The molecule has 1 aliphatic heterocycles. The lowest BCUT2D eigenvalue weighted by molar-refractivity contribution is -0.141. The first-order valence-electron chi connectivity index (χ1n) is 8.36. The summed E-state index contributed by atoms with van der Waals surface area (Å²) in [7, 11) is 0. The number of rotatable bonds is 3. The van der Waals surface area contributed by atoms with Gasteiger partial charge in [-0.25, -0.2) is 9.97 Å². The molecule has 0 saturated carbocycles. The Kier molecular flexibility index (Phi) is 4.94. The Balaban J connectivity index is 1.65. The second-order valence-electron chi connectivity index (χ2n) is 6.56. The molecule has 0 radical (unpaired) electrons. The Hall–Kier alpha value is -2.85. The number of aromatic nitrogens is 4. The molecule has 2 atom stereocenters. The summed E-state index contributed by atoms with van der Waals surface area (Å²) in [5.74, 6) is -0.700. The molecule has 8 nitrogen and oxygen atoms in total. The van der Waals surface area contributed by atoms with Crippen LogP contribution < -0.4 is 5.32 Å². The SMILES string of the molecule is Cc1n[nH]c(C(=O)N2CCC(Nc3nccc(C(F)(F)F)n3)C(C)C2)c1O. The van der Waals surface area contributed by atoms with E-state index in [1.165, 1.54) is 0 Å². The zero-order chi connectivity index (χ0) is 19.8. The first-order valence-corrected chi connectivity index (χ1v) is 8.36. The van der Waals surface area contributed by atoms with E-state index in [4.69, 9.17) is 0 Å². The second-order valence-corrected chi connectivity index (χ2v) is 6.56. The van der Waals surface area contributed by atoms with Crippen LogP contribution in [-0.4, -0.2) is 55.2 Å². The summed E-state index contributed by atoms with van der Waals surface area (Å²) in [6, 6.07) is 0.629. The van der Waals surface area contributed by atoms with Crippen LogP contribution in [0.3, 0.4) is 0 Å². The van der Waals surface area contributed by atoms with Gasteiger partial charge in [-0.15, -0.1) is 0 Å². The number of aromatic amines is 1. The fourth-order valence-corrected chi connectivity index (χ4v) is 3.03. The van der Waals surface area contributed by atoms with Crippen LogP contribution in [0.25, 0.3) is 0 Å². The molecule has 11 heteroatoms. The van der Waals surface area contributed by atoms with Gasteiger partial charge >= 0.3 is 6.18 Å². The highest BCUT2D eigenvalue weighted by Crippen LogP contribution is 2.28. The zero-order valence-electron chi connectivity index (χ0n) is 14.7. The van der Waals surface area contributed by atoms with Crippen LogP contribution in [0.5, 0.6) is 5.75 Å². The molecule has 0 bridgehead atoms. The number of alkyl halides is 3. The number of anilines is 1. The molecular weight excluding hydrogens is 365 g/mol. The van der Waals surface area contributed by atoms with Crippen molar-refractivity contribution in [2.75, 3.05) is 18.4 Å². The molecule has 3 heterocycles. The van der Waals surface area contributed by atoms with Gasteiger partial charge in [-0.2, -0.15) is 18.3 Å². The fourth-order valence-electron chi connectivity index (χ4n) is 3.03. The summed E-state index contributed by atoms with van der Waals surface area (Å²) in [4.78, 5) is 21.5. The number of hydrogen-bond donors (Lipinski definition) is 3. The van der Waals surface area contributed by atoms with Crippen LogP contribution in [0, 0.1) is 12.8 Å². The summed E-state index contributed by atoms with van der Waals surface area (Å²) in [5.41, 5.74) is -0.637. The third kappa shape index (κ3) is 3.96. The van der Waals surface area contributed by atoms with Gasteiger partial charge in [0.05, 0.1) is 0 Å². The van der Waals surface area contributed by atoms with Gasteiger partial charge in [0.2, 0.25) is 5.95 Å². The van der Waals surface area contributed by atoms with Gasteiger partial charge in [-0.1, -0.05) is 6.92 Å². The van der Waals surface area contributed by atoms with E-state index >= 15 is 0 Å². The normalized spacial score (nSPS) is 20.6. The minimum Gasteiger partial charge on any atom is -0.504 e. The van der Waals surface area contributed by atoms with Gasteiger partial charge < -0.3 is 15.3 Å². The van der Waals surface area contributed by atoms with Crippen LogP contribution in [0.1, 0.15) is 35.2 Å². The van der Waals surface area contributed by atoms with E-state index in [1.54, 1.807) is 11.8 Å². The first kappa shape index (κ1) is 18.9. The third-order valence-electron chi connectivity index (χ3n) is 4.58. The van der Waals surface area contributed by atoms with Crippen molar-refractivity contribution >= 4 is 11.9 Å². The quantitative estimate of drug-likeness (QED) is 0.749. The highest BCUT2D eigenvalue weighted by molar-refractivity contribution is 5.95. The summed E-state index contributed by atoms with van der Waals surface area (Å²) < 4.78 is 38.3. The fraction of sp³-hybridized carbons (Fsp3) is 0.500. The van der Waals surface area contributed by atoms with Crippen molar-refractivity contribution in [3.63, 3.8) is 0 Å². The molecule has 3 rings (SSSR count). The maximum Gasteiger partial charge on any atom is 0.433 e. The molecule has 2 unspecified atom stereocenters. The topological polar surface area (TPSA) is 107 Å². The van der Waals surface area contributed by atoms with Gasteiger partial charge in [-0.05, 0) is 25.3 Å². The Morgan fingerprint density at radius 2 is 2.19 bits per heavy atom. The lowest BCUT2D eigenvalue weighted by atomic mass is 9.93. The molecule has 1 fully saturated rings. The van der Waals surface area contributed by atoms with Crippen molar-refractivity contribution in [2.45, 2.75) is 32.5 Å². The number of aryl methyl sites for hydroxylation is 1. The molecule has 0 spiro atoms. The van der Waals surface area contributed by atoms with E-state index in [0.717, 1.165) is 12.3 Å². The molecular formula is C16H19F3N6O2. The van der Waals surface area contributed by atoms with Crippen molar-refractivity contribution in [3.8, 4) is 5.75 Å². The van der Waals surface area contributed by atoms with E-state index in [9.17, 15) is 23.1 Å².